The first kappa shape index (κ1) is 18.1. The summed E-state index contributed by atoms with van der Waals surface area (Å²) in [5.41, 5.74) is 1.81. The topological polar surface area (TPSA) is 106 Å². The van der Waals surface area contributed by atoms with Crippen molar-refractivity contribution in [3.63, 3.8) is 0 Å². The van der Waals surface area contributed by atoms with Crippen LogP contribution in [0.2, 0.25) is 0 Å². The summed E-state index contributed by atoms with van der Waals surface area (Å²) >= 11 is 0. The zero-order chi connectivity index (χ0) is 19.8. The van der Waals surface area contributed by atoms with E-state index in [0.29, 0.717) is 6.54 Å². The van der Waals surface area contributed by atoms with E-state index in [0.717, 1.165) is 29.7 Å². The Hall–Kier alpha value is -3.23. The van der Waals surface area contributed by atoms with Crippen molar-refractivity contribution in [1.82, 2.24) is 29.4 Å². The molecule has 3 aromatic rings. The lowest BCUT2D eigenvalue weighted by molar-refractivity contribution is -0.133. The molecular weight excluding hydrogens is 360 g/mol. The van der Waals surface area contributed by atoms with E-state index in [4.69, 9.17) is 10.1 Å². The molecule has 1 aliphatic heterocycles. The van der Waals surface area contributed by atoms with E-state index in [1.165, 1.54) is 10.9 Å². The zero-order valence-corrected chi connectivity index (χ0v) is 15.8. The molecule has 0 spiro atoms. The Morgan fingerprint density at radius 1 is 1.29 bits per heavy atom. The summed E-state index contributed by atoms with van der Waals surface area (Å²) < 4.78 is 3.47. The van der Waals surface area contributed by atoms with Crippen LogP contribution < -0.4 is 0 Å². The van der Waals surface area contributed by atoms with Crippen molar-refractivity contribution in [2.75, 3.05) is 6.54 Å². The molecule has 3 heterocycles. The second-order valence-electron chi connectivity index (χ2n) is 7.27. The van der Waals surface area contributed by atoms with Gasteiger partial charge in [-0.3, -0.25) is 4.79 Å². The standard InChI is InChI=1S/C19H22N6O3/c1-12(2)25-15-7-4-3-6-13(15)20-18(25)16-8-5-9-24(16)17(26)11-23-10-14(19(27)28)21-22-23/h3-4,6-7,10,12,16H,5,8-9,11H2,1-2H3,(H,27,28). The Bertz CT molecular complexity index is 1040. The molecule has 9 heteroatoms. The number of likely N-dealkylation sites (tertiary alicyclic amines) is 1. The minimum atomic E-state index is -1.16. The van der Waals surface area contributed by atoms with Crippen molar-refractivity contribution in [1.29, 1.82) is 0 Å². The Labute approximate surface area is 161 Å². The molecule has 28 heavy (non-hydrogen) atoms. The van der Waals surface area contributed by atoms with Crippen molar-refractivity contribution in [2.24, 2.45) is 0 Å². The lowest BCUT2D eigenvalue weighted by Gasteiger charge is -2.26. The molecule has 1 N–H and O–H groups in total. The van der Waals surface area contributed by atoms with E-state index < -0.39 is 5.97 Å². The molecule has 2 aromatic heterocycles. The fourth-order valence-corrected chi connectivity index (χ4v) is 3.88. The SMILES string of the molecule is CC(C)n1c(C2CCCN2C(=O)Cn2cc(C(=O)O)nn2)nc2ccccc21. The highest BCUT2D eigenvalue weighted by Gasteiger charge is 2.34. The molecule has 1 aromatic carbocycles. The Balaban J connectivity index is 1.63. The molecule has 1 aliphatic rings. The van der Waals surface area contributed by atoms with Gasteiger partial charge in [0.2, 0.25) is 5.91 Å². The number of rotatable bonds is 5. The summed E-state index contributed by atoms with van der Waals surface area (Å²) in [7, 11) is 0. The third-order valence-electron chi connectivity index (χ3n) is 5.07. The van der Waals surface area contributed by atoms with E-state index >= 15 is 0 Å². The number of benzene rings is 1. The fraction of sp³-hybridized carbons (Fsp3) is 0.421. The summed E-state index contributed by atoms with van der Waals surface area (Å²) in [6.07, 6.45) is 3.02. The monoisotopic (exact) mass is 382 g/mol. The highest BCUT2D eigenvalue weighted by molar-refractivity contribution is 5.85. The minimum absolute atomic E-state index is 0.0430. The van der Waals surface area contributed by atoms with Gasteiger partial charge in [0.25, 0.3) is 0 Å². The number of carboxylic acids is 1. The van der Waals surface area contributed by atoms with Crippen LogP contribution in [0, 0.1) is 0 Å². The van der Waals surface area contributed by atoms with E-state index in [1.807, 2.05) is 23.1 Å². The number of carboxylic acid groups (broad SMARTS) is 1. The van der Waals surface area contributed by atoms with Crippen molar-refractivity contribution < 1.29 is 14.7 Å². The highest BCUT2D eigenvalue weighted by atomic mass is 16.4. The molecule has 1 atom stereocenters. The van der Waals surface area contributed by atoms with Crippen LogP contribution in [0.15, 0.2) is 30.5 Å². The van der Waals surface area contributed by atoms with Crippen molar-refractivity contribution in [3.05, 3.63) is 42.0 Å². The van der Waals surface area contributed by atoms with Crippen LogP contribution >= 0.6 is 0 Å². The second-order valence-corrected chi connectivity index (χ2v) is 7.27. The summed E-state index contributed by atoms with van der Waals surface area (Å²) in [4.78, 5) is 30.5. The molecule has 1 unspecified atom stereocenters. The average molecular weight is 382 g/mol. The quantitative estimate of drug-likeness (QED) is 0.725. The maximum Gasteiger partial charge on any atom is 0.358 e. The number of aromatic nitrogens is 5. The smallest absolute Gasteiger partial charge is 0.358 e. The number of aromatic carboxylic acids is 1. The van der Waals surface area contributed by atoms with Gasteiger partial charge in [-0.05, 0) is 38.8 Å². The van der Waals surface area contributed by atoms with Crippen molar-refractivity contribution in [3.8, 4) is 0 Å². The summed E-state index contributed by atoms with van der Waals surface area (Å²) in [5.74, 6) is -0.387. The van der Waals surface area contributed by atoms with E-state index in [-0.39, 0.29) is 30.2 Å². The van der Waals surface area contributed by atoms with Gasteiger partial charge in [-0.15, -0.1) is 5.10 Å². The summed E-state index contributed by atoms with van der Waals surface area (Å²) in [6, 6.07) is 8.11. The van der Waals surface area contributed by atoms with Gasteiger partial charge >= 0.3 is 5.97 Å². The number of imidazole rings is 1. The Morgan fingerprint density at radius 2 is 2.07 bits per heavy atom. The van der Waals surface area contributed by atoms with Crippen molar-refractivity contribution in [2.45, 2.75) is 45.3 Å². The van der Waals surface area contributed by atoms with Gasteiger partial charge in [0.15, 0.2) is 5.69 Å². The van der Waals surface area contributed by atoms with Crippen LogP contribution in [-0.4, -0.2) is 53.0 Å². The molecule has 1 fully saturated rings. The third kappa shape index (κ3) is 3.12. The van der Waals surface area contributed by atoms with Gasteiger partial charge in [-0.2, -0.15) is 0 Å². The minimum Gasteiger partial charge on any atom is -0.476 e. The number of hydrogen-bond donors (Lipinski definition) is 1. The lowest BCUT2D eigenvalue weighted by atomic mass is 10.2. The number of carbonyl (C=O) groups is 2. The molecule has 9 nitrogen and oxygen atoms in total. The van der Waals surface area contributed by atoms with Crippen LogP contribution in [0.25, 0.3) is 11.0 Å². The van der Waals surface area contributed by atoms with Gasteiger partial charge in [-0.25, -0.2) is 14.5 Å². The lowest BCUT2D eigenvalue weighted by Crippen LogP contribution is -2.35. The van der Waals surface area contributed by atoms with Crippen LogP contribution in [0.1, 0.15) is 55.1 Å². The summed E-state index contributed by atoms with van der Waals surface area (Å²) in [6.45, 7) is 4.83. The maximum atomic E-state index is 12.9. The first-order chi connectivity index (χ1) is 13.5. The number of hydrogen-bond acceptors (Lipinski definition) is 5. The number of fused-ring (bicyclic) bond motifs is 1. The van der Waals surface area contributed by atoms with Gasteiger partial charge in [0.1, 0.15) is 12.4 Å². The van der Waals surface area contributed by atoms with Gasteiger partial charge in [0, 0.05) is 12.6 Å². The molecule has 0 bridgehead atoms. The molecule has 146 valence electrons. The fourth-order valence-electron chi connectivity index (χ4n) is 3.88. The number of amides is 1. The largest absolute Gasteiger partial charge is 0.476 e. The molecule has 0 saturated carbocycles. The second kappa shape index (κ2) is 7.06. The molecular formula is C19H22N6O3. The van der Waals surface area contributed by atoms with Crippen LogP contribution in [0.4, 0.5) is 0 Å². The molecule has 4 rings (SSSR count). The number of para-hydroxylation sites is 2. The van der Waals surface area contributed by atoms with E-state index in [2.05, 4.69) is 34.8 Å². The Morgan fingerprint density at radius 3 is 2.79 bits per heavy atom. The Kier molecular flexibility index (Phi) is 4.58. The maximum absolute atomic E-state index is 12.9. The zero-order valence-electron chi connectivity index (χ0n) is 15.8. The normalized spacial score (nSPS) is 17.0. The predicted octanol–water partition coefficient (Wildman–Crippen LogP) is 2.27. The third-order valence-corrected chi connectivity index (χ3v) is 5.07. The number of carbonyl (C=O) groups excluding carboxylic acids is 1. The van der Waals surface area contributed by atoms with E-state index in [1.54, 1.807) is 0 Å². The molecule has 0 radical (unpaired) electrons. The highest BCUT2D eigenvalue weighted by Crippen LogP contribution is 2.35. The van der Waals surface area contributed by atoms with Crippen molar-refractivity contribution >= 4 is 22.9 Å². The average Bonchev–Trinajstić information content (AvgIpc) is 3.38. The van der Waals surface area contributed by atoms with Gasteiger partial charge < -0.3 is 14.6 Å². The van der Waals surface area contributed by atoms with Gasteiger partial charge in [0.05, 0.1) is 23.3 Å². The van der Waals surface area contributed by atoms with Crippen LogP contribution in [-0.2, 0) is 11.3 Å². The first-order valence-corrected chi connectivity index (χ1v) is 9.35. The van der Waals surface area contributed by atoms with Crippen LogP contribution in [0.3, 0.4) is 0 Å². The van der Waals surface area contributed by atoms with Crippen LogP contribution in [0.5, 0.6) is 0 Å². The number of nitrogens with zero attached hydrogens (tertiary/aromatic N) is 6. The molecule has 1 saturated heterocycles. The molecule has 1 amide bonds. The molecule has 0 aliphatic carbocycles. The first-order valence-electron chi connectivity index (χ1n) is 9.35. The van der Waals surface area contributed by atoms with E-state index in [9.17, 15) is 9.59 Å². The predicted molar refractivity (Wildman–Crippen MR) is 101 cm³/mol. The van der Waals surface area contributed by atoms with Gasteiger partial charge in [-0.1, -0.05) is 17.3 Å². The summed E-state index contributed by atoms with van der Waals surface area (Å²) in [5, 5.41) is 16.3.